The first-order chi connectivity index (χ1) is 6.75. The van der Waals surface area contributed by atoms with Crippen molar-refractivity contribution in [1.29, 1.82) is 0 Å². The molecule has 0 amide bonds. The third kappa shape index (κ3) is 2.13. The van der Waals surface area contributed by atoms with Crippen molar-refractivity contribution in [3.05, 3.63) is 27.9 Å². The summed E-state index contributed by atoms with van der Waals surface area (Å²) in [5.74, 6) is 0.706. The number of rotatable bonds is 3. The lowest BCUT2D eigenvalue weighted by atomic mass is 10.2. The maximum atomic E-state index is 9.79. The minimum atomic E-state index is -0.525. The Kier molecular flexibility index (Phi) is 2.84. The molecule has 0 saturated carbocycles. The molecule has 0 bridgehead atoms. The first kappa shape index (κ1) is 9.68. The Morgan fingerprint density at radius 3 is 3.14 bits per heavy atom. The standard InChI is InChI=1S/C10H13NO2S/c1-7-6-14-10(11-7)5-8(12)9-3-2-4-13-9/h3,6,8,12H,2,4-5H2,1H3. The molecule has 1 atom stereocenters. The second kappa shape index (κ2) is 4.11. The van der Waals surface area contributed by atoms with Crippen LogP contribution in [0.1, 0.15) is 17.1 Å². The molecule has 0 aromatic carbocycles. The number of hydrogen-bond donors (Lipinski definition) is 1. The van der Waals surface area contributed by atoms with Crippen LogP contribution in [0.15, 0.2) is 17.2 Å². The highest BCUT2D eigenvalue weighted by Crippen LogP contribution is 2.18. The molecule has 0 saturated heterocycles. The van der Waals surface area contributed by atoms with Crippen molar-refractivity contribution < 1.29 is 9.84 Å². The maximum absolute atomic E-state index is 9.79. The monoisotopic (exact) mass is 211 g/mol. The van der Waals surface area contributed by atoms with E-state index in [0.717, 1.165) is 17.1 Å². The lowest BCUT2D eigenvalue weighted by Crippen LogP contribution is -2.14. The number of hydrogen-bond acceptors (Lipinski definition) is 4. The summed E-state index contributed by atoms with van der Waals surface area (Å²) in [5.41, 5.74) is 1.01. The average molecular weight is 211 g/mol. The maximum Gasteiger partial charge on any atom is 0.121 e. The van der Waals surface area contributed by atoms with Gasteiger partial charge in [0.1, 0.15) is 11.9 Å². The molecule has 1 N–H and O–H groups in total. The van der Waals surface area contributed by atoms with E-state index in [1.54, 1.807) is 11.3 Å². The first-order valence-electron chi connectivity index (χ1n) is 4.67. The second-order valence-corrected chi connectivity index (χ2v) is 4.29. The van der Waals surface area contributed by atoms with E-state index in [2.05, 4.69) is 4.98 Å². The molecule has 1 aromatic rings. The summed E-state index contributed by atoms with van der Waals surface area (Å²) in [5, 5.41) is 12.7. The highest BCUT2D eigenvalue weighted by molar-refractivity contribution is 7.09. The third-order valence-electron chi connectivity index (χ3n) is 2.10. The number of aliphatic hydroxyl groups excluding tert-OH is 1. The average Bonchev–Trinajstić information content (AvgIpc) is 2.75. The molecule has 2 heterocycles. The zero-order chi connectivity index (χ0) is 9.97. The van der Waals surface area contributed by atoms with Crippen LogP contribution in [0.3, 0.4) is 0 Å². The minimum absolute atomic E-state index is 0.525. The van der Waals surface area contributed by atoms with Gasteiger partial charge >= 0.3 is 0 Å². The molecule has 0 aliphatic carbocycles. The van der Waals surface area contributed by atoms with Gasteiger partial charge in [0, 0.05) is 23.9 Å². The summed E-state index contributed by atoms with van der Waals surface area (Å²) in [6.45, 7) is 2.65. The van der Waals surface area contributed by atoms with Gasteiger partial charge in [0.15, 0.2) is 0 Å². The fourth-order valence-corrected chi connectivity index (χ4v) is 2.24. The van der Waals surface area contributed by atoms with E-state index >= 15 is 0 Å². The van der Waals surface area contributed by atoms with Crippen molar-refractivity contribution in [2.45, 2.75) is 25.9 Å². The molecule has 1 aliphatic rings. The highest BCUT2D eigenvalue weighted by Gasteiger charge is 2.17. The van der Waals surface area contributed by atoms with Crippen LogP contribution >= 0.6 is 11.3 Å². The molecule has 14 heavy (non-hydrogen) atoms. The SMILES string of the molecule is Cc1csc(CC(O)C2=CCCO2)n1. The molecule has 0 fully saturated rings. The first-order valence-corrected chi connectivity index (χ1v) is 5.55. The van der Waals surface area contributed by atoms with Gasteiger partial charge in [-0.15, -0.1) is 11.3 Å². The Morgan fingerprint density at radius 2 is 2.57 bits per heavy atom. The van der Waals surface area contributed by atoms with E-state index in [4.69, 9.17) is 4.74 Å². The van der Waals surface area contributed by atoms with Crippen molar-refractivity contribution in [3.8, 4) is 0 Å². The second-order valence-electron chi connectivity index (χ2n) is 3.35. The molecule has 3 nitrogen and oxygen atoms in total. The van der Waals surface area contributed by atoms with Crippen LogP contribution in [0, 0.1) is 6.92 Å². The molecular weight excluding hydrogens is 198 g/mol. The van der Waals surface area contributed by atoms with Crippen LogP contribution in [0.25, 0.3) is 0 Å². The van der Waals surface area contributed by atoms with Crippen LogP contribution in [0.4, 0.5) is 0 Å². The lowest BCUT2D eigenvalue weighted by Gasteiger charge is -2.09. The Hall–Kier alpha value is -0.870. The van der Waals surface area contributed by atoms with Crippen LogP contribution in [-0.2, 0) is 11.2 Å². The number of thiazole rings is 1. The third-order valence-corrected chi connectivity index (χ3v) is 3.08. The Morgan fingerprint density at radius 1 is 1.71 bits per heavy atom. The molecule has 4 heteroatoms. The normalized spacial score (nSPS) is 17.7. The Labute approximate surface area is 87.1 Å². The molecule has 76 valence electrons. The lowest BCUT2D eigenvalue weighted by molar-refractivity contribution is 0.118. The van der Waals surface area contributed by atoms with Gasteiger partial charge in [-0.3, -0.25) is 0 Å². The molecule has 0 radical (unpaired) electrons. The number of aryl methyl sites for hydroxylation is 1. The van der Waals surface area contributed by atoms with Gasteiger partial charge < -0.3 is 9.84 Å². The zero-order valence-electron chi connectivity index (χ0n) is 8.06. The quantitative estimate of drug-likeness (QED) is 0.826. The summed E-state index contributed by atoms with van der Waals surface area (Å²) < 4.78 is 5.28. The van der Waals surface area contributed by atoms with Gasteiger partial charge in [-0.2, -0.15) is 0 Å². The van der Waals surface area contributed by atoms with Crippen molar-refractivity contribution >= 4 is 11.3 Å². The molecular formula is C10H13NO2S. The van der Waals surface area contributed by atoms with E-state index in [0.29, 0.717) is 18.8 Å². The number of aromatic nitrogens is 1. The Balaban J connectivity index is 1.97. The largest absolute Gasteiger partial charge is 0.495 e. The molecule has 1 aromatic heterocycles. The number of nitrogens with zero attached hydrogens (tertiary/aromatic N) is 1. The van der Waals surface area contributed by atoms with Crippen molar-refractivity contribution in [3.63, 3.8) is 0 Å². The van der Waals surface area contributed by atoms with Gasteiger partial charge in [-0.25, -0.2) is 4.98 Å². The van der Waals surface area contributed by atoms with Gasteiger partial charge in [0.05, 0.1) is 11.6 Å². The summed E-state index contributed by atoms with van der Waals surface area (Å²) in [6.07, 6.45) is 2.89. The molecule has 1 unspecified atom stereocenters. The fourth-order valence-electron chi connectivity index (χ4n) is 1.43. The van der Waals surface area contributed by atoms with Crippen LogP contribution in [0.2, 0.25) is 0 Å². The van der Waals surface area contributed by atoms with Crippen molar-refractivity contribution in [1.82, 2.24) is 4.98 Å². The van der Waals surface area contributed by atoms with E-state index < -0.39 is 6.10 Å². The summed E-state index contributed by atoms with van der Waals surface area (Å²) in [7, 11) is 0. The predicted octanol–water partition coefficient (Wildman–Crippen LogP) is 1.66. The summed E-state index contributed by atoms with van der Waals surface area (Å²) >= 11 is 1.58. The molecule has 2 rings (SSSR count). The smallest absolute Gasteiger partial charge is 0.121 e. The summed E-state index contributed by atoms with van der Waals surface area (Å²) in [6, 6.07) is 0. The van der Waals surface area contributed by atoms with Gasteiger partial charge in [-0.1, -0.05) is 0 Å². The van der Waals surface area contributed by atoms with Crippen LogP contribution in [-0.4, -0.2) is 22.8 Å². The van der Waals surface area contributed by atoms with E-state index in [1.807, 2.05) is 18.4 Å². The summed E-state index contributed by atoms with van der Waals surface area (Å²) in [4.78, 5) is 4.30. The highest BCUT2D eigenvalue weighted by atomic mass is 32.1. The van der Waals surface area contributed by atoms with Gasteiger partial charge in [0.25, 0.3) is 0 Å². The molecule has 0 spiro atoms. The number of ether oxygens (including phenoxy) is 1. The fraction of sp³-hybridized carbons (Fsp3) is 0.500. The van der Waals surface area contributed by atoms with Crippen molar-refractivity contribution in [2.75, 3.05) is 6.61 Å². The van der Waals surface area contributed by atoms with Crippen molar-refractivity contribution in [2.24, 2.45) is 0 Å². The van der Waals surface area contributed by atoms with E-state index in [9.17, 15) is 5.11 Å². The Bertz CT molecular complexity index is 346. The van der Waals surface area contributed by atoms with Crippen LogP contribution < -0.4 is 0 Å². The molecule has 1 aliphatic heterocycles. The number of aliphatic hydroxyl groups is 1. The zero-order valence-corrected chi connectivity index (χ0v) is 8.88. The van der Waals surface area contributed by atoms with Crippen LogP contribution in [0.5, 0.6) is 0 Å². The van der Waals surface area contributed by atoms with E-state index in [1.165, 1.54) is 0 Å². The van der Waals surface area contributed by atoms with E-state index in [-0.39, 0.29) is 0 Å². The topological polar surface area (TPSA) is 42.4 Å². The van der Waals surface area contributed by atoms with Gasteiger partial charge in [0.2, 0.25) is 0 Å². The predicted molar refractivity (Wildman–Crippen MR) is 55.2 cm³/mol. The minimum Gasteiger partial charge on any atom is -0.495 e. The van der Waals surface area contributed by atoms with Gasteiger partial charge in [-0.05, 0) is 13.0 Å².